The van der Waals surface area contributed by atoms with E-state index in [0.717, 1.165) is 17.2 Å². The Hall–Kier alpha value is -2.37. The molecule has 7 heteroatoms. The van der Waals surface area contributed by atoms with Gasteiger partial charge in [-0.15, -0.1) is 0 Å². The van der Waals surface area contributed by atoms with Gasteiger partial charge in [-0.3, -0.25) is 14.9 Å². The van der Waals surface area contributed by atoms with Crippen LogP contribution in [0.5, 0.6) is 5.75 Å². The van der Waals surface area contributed by atoms with Crippen molar-refractivity contribution >= 4 is 17.3 Å². The van der Waals surface area contributed by atoms with Crippen LogP contribution < -0.4 is 9.64 Å². The van der Waals surface area contributed by atoms with Gasteiger partial charge in [0.2, 0.25) is 5.91 Å². The maximum absolute atomic E-state index is 13.0. The summed E-state index contributed by atoms with van der Waals surface area (Å²) in [4.78, 5) is 25.2. The maximum atomic E-state index is 13.0. The zero-order valence-electron chi connectivity index (χ0n) is 17.9. The molecule has 3 aliphatic rings. The number of methoxy groups -OCH3 is 1. The van der Waals surface area contributed by atoms with Crippen LogP contribution in [0.4, 0.5) is 11.4 Å². The van der Waals surface area contributed by atoms with E-state index < -0.39 is 4.92 Å². The van der Waals surface area contributed by atoms with E-state index in [2.05, 4.69) is 0 Å². The van der Waals surface area contributed by atoms with Gasteiger partial charge in [-0.2, -0.15) is 0 Å². The number of nitro benzene ring substituents is 1. The number of amides is 1. The summed E-state index contributed by atoms with van der Waals surface area (Å²) >= 11 is 0. The Morgan fingerprint density at radius 1 is 0.848 bits per heavy atom. The van der Waals surface area contributed by atoms with Crippen LogP contribution in [-0.4, -0.2) is 17.9 Å². The third-order valence-corrected chi connectivity index (χ3v) is 5.50. The molecular weight excluding hydrogens is 460 g/mol. The zero-order valence-corrected chi connectivity index (χ0v) is 19.0. The molecule has 1 aliphatic heterocycles. The van der Waals surface area contributed by atoms with E-state index in [1.54, 1.807) is 24.1 Å². The molecule has 1 saturated heterocycles. The van der Waals surface area contributed by atoms with Crippen molar-refractivity contribution in [3.8, 4) is 5.75 Å². The minimum atomic E-state index is -0.425. The minimum absolute atomic E-state index is 0. The van der Waals surface area contributed by atoms with Crippen LogP contribution in [0.2, 0.25) is 0 Å². The van der Waals surface area contributed by atoms with E-state index in [0.29, 0.717) is 5.75 Å². The molecular formula is C26H22FeN2O4. The molecule has 6 nitrogen and oxygen atoms in total. The van der Waals surface area contributed by atoms with Crippen molar-refractivity contribution in [2.75, 3.05) is 12.0 Å². The molecule has 0 aromatic heterocycles. The van der Waals surface area contributed by atoms with Gasteiger partial charge in [0.15, 0.2) is 0 Å². The molecule has 2 saturated carbocycles. The second kappa shape index (κ2) is 11.7. The second-order valence-corrected chi connectivity index (χ2v) is 7.36. The van der Waals surface area contributed by atoms with Crippen LogP contribution in [0.1, 0.15) is 11.6 Å². The molecule has 2 aliphatic carbocycles. The van der Waals surface area contributed by atoms with E-state index >= 15 is 0 Å². The topological polar surface area (TPSA) is 72.7 Å². The number of β-lactam (4-membered cyclic amide) rings is 1. The Kier molecular flexibility index (Phi) is 8.93. The number of rotatable bonds is 5. The normalized spacial score (nSPS) is 22.1. The fourth-order valence-electron chi connectivity index (χ4n) is 3.90. The summed E-state index contributed by atoms with van der Waals surface area (Å²) in [6.45, 7) is 0. The van der Waals surface area contributed by atoms with Crippen molar-refractivity contribution in [1.82, 2.24) is 0 Å². The van der Waals surface area contributed by atoms with Gasteiger partial charge in [0.25, 0.3) is 5.69 Å². The molecule has 2 aromatic carbocycles. The number of anilines is 1. The summed E-state index contributed by atoms with van der Waals surface area (Å²) in [5.41, 5.74) is 1.67. The summed E-state index contributed by atoms with van der Waals surface area (Å²) in [5.74, 6) is 1.37. The molecule has 0 bridgehead atoms. The van der Waals surface area contributed by atoms with Crippen LogP contribution in [0.15, 0.2) is 48.5 Å². The van der Waals surface area contributed by atoms with Crippen LogP contribution in [0.25, 0.3) is 0 Å². The third-order valence-electron chi connectivity index (χ3n) is 5.50. The molecule has 5 rings (SSSR count). The molecule has 168 valence electrons. The van der Waals surface area contributed by atoms with Gasteiger partial charge in [0.1, 0.15) is 5.75 Å². The first-order valence-electron chi connectivity index (χ1n) is 10.2. The number of ether oxygens (including phenoxy) is 1. The van der Waals surface area contributed by atoms with Gasteiger partial charge in [-0.25, -0.2) is 0 Å². The number of carbonyl (C=O) groups is 1. The predicted octanol–water partition coefficient (Wildman–Crippen LogP) is 4.73. The summed E-state index contributed by atoms with van der Waals surface area (Å²) in [6, 6.07) is 13.5. The molecule has 1 amide bonds. The van der Waals surface area contributed by atoms with E-state index in [1.165, 1.54) is 12.1 Å². The average molecular weight is 482 g/mol. The standard InChI is InChI=1S/C21H17N2O4.C5H5.Fe/c1-27-18-12-10-16(11-13-18)22-20(15-6-8-17(9-7-15)23(25)26)19(21(22)24)14-4-2-3-5-14;1-2-4-5-3-1;/h2-13,19-20H,1H3;1-5H;/t19-,20+;;/m1../s1. The molecule has 3 fully saturated rings. The van der Waals surface area contributed by atoms with E-state index in [4.69, 9.17) is 4.74 Å². The zero-order chi connectivity index (χ0) is 22.5. The number of nitro groups is 1. The first-order valence-corrected chi connectivity index (χ1v) is 10.2. The Bertz CT molecular complexity index is 915. The van der Waals surface area contributed by atoms with Gasteiger partial charge in [-0.05, 0) is 93.5 Å². The molecule has 0 spiro atoms. The summed E-state index contributed by atoms with van der Waals surface area (Å²) < 4.78 is 5.19. The van der Waals surface area contributed by atoms with Crippen molar-refractivity contribution in [3.05, 3.63) is 128 Å². The fourth-order valence-corrected chi connectivity index (χ4v) is 3.90. The molecule has 2 aromatic rings. The molecule has 0 N–H and O–H groups in total. The number of hydrogen-bond acceptors (Lipinski definition) is 4. The third kappa shape index (κ3) is 5.59. The minimum Gasteiger partial charge on any atom is -0.497 e. The van der Waals surface area contributed by atoms with Gasteiger partial charge < -0.3 is 9.64 Å². The van der Waals surface area contributed by atoms with Crippen LogP contribution >= 0.6 is 0 Å². The molecule has 33 heavy (non-hydrogen) atoms. The molecule has 1 heterocycles. The number of nitrogens with zero attached hydrogens (tertiary/aromatic N) is 2. The van der Waals surface area contributed by atoms with Crippen molar-refractivity contribution in [2.24, 2.45) is 5.92 Å². The van der Waals surface area contributed by atoms with E-state index in [1.807, 2.05) is 82.1 Å². The van der Waals surface area contributed by atoms with Crippen molar-refractivity contribution in [1.29, 1.82) is 0 Å². The Morgan fingerprint density at radius 3 is 1.88 bits per heavy atom. The first kappa shape index (κ1) is 25.3. The summed E-state index contributed by atoms with van der Waals surface area (Å²) in [5, 5.41) is 10.9. The fraction of sp³-hybridized carbons (Fsp3) is 0.115. The quantitative estimate of drug-likeness (QED) is 0.267. The van der Waals surface area contributed by atoms with Gasteiger partial charge in [-0.1, -0.05) is 12.1 Å². The monoisotopic (exact) mass is 482 g/mol. The molecule has 2 atom stereocenters. The van der Waals surface area contributed by atoms with Gasteiger partial charge >= 0.3 is 0 Å². The van der Waals surface area contributed by atoms with Crippen molar-refractivity contribution < 1.29 is 31.5 Å². The van der Waals surface area contributed by atoms with Crippen molar-refractivity contribution in [3.63, 3.8) is 0 Å². The first-order chi connectivity index (χ1) is 15.6. The number of benzene rings is 2. The number of carbonyl (C=O) groups excluding carboxylic acids is 1. The number of hydrogen-bond donors (Lipinski definition) is 0. The van der Waals surface area contributed by atoms with Gasteiger partial charge in [0.05, 0.1) is 24.0 Å². The Morgan fingerprint density at radius 2 is 1.39 bits per heavy atom. The predicted molar refractivity (Wildman–Crippen MR) is 122 cm³/mol. The van der Waals surface area contributed by atoms with E-state index in [9.17, 15) is 14.9 Å². The summed E-state index contributed by atoms with van der Waals surface area (Å²) in [6.07, 6.45) is 17.7. The van der Waals surface area contributed by atoms with Crippen molar-refractivity contribution in [2.45, 2.75) is 6.04 Å². The van der Waals surface area contributed by atoms with Crippen LogP contribution in [0, 0.1) is 79.7 Å². The second-order valence-electron chi connectivity index (χ2n) is 7.36. The molecule has 10 radical (unpaired) electrons. The SMILES string of the molecule is COc1ccc(N2C(=O)[C@H]([C]3[CH][CH][CH][CH]3)[C@@H]2c2ccc([N+](=O)[O-])cc2)cc1.[CH]1[CH][CH][CH][CH]1.[Fe]. The summed E-state index contributed by atoms with van der Waals surface area (Å²) in [7, 11) is 1.59. The van der Waals surface area contributed by atoms with Crippen LogP contribution in [0.3, 0.4) is 0 Å². The Balaban J connectivity index is 0.000000453. The average Bonchev–Trinajstić information content (AvgIpc) is 3.55. The van der Waals surface area contributed by atoms with E-state index in [-0.39, 0.29) is 40.6 Å². The number of non-ortho nitro benzene ring substituents is 1. The maximum Gasteiger partial charge on any atom is 0.269 e. The van der Waals surface area contributed by atoms with Gasteiger partial charge in [0, 0.05) is 34.9 Å². The Labute approximate surface area is 206 Å². The smallest absolute Gasteiger partial charge is 0.269 e. The largest absolute Gasteiger partial charge is 0.497 e. The molecule has 0 unspecified atom stereocenters. The van der Waals surface area contributed by atoms with Crippen LogP contribution in [-0.2, 0) is 21.9 Å².